The number of rotatable bonds is 9. The first-order valence-corrected chi connectivity index (χ1v) is 9.58. The van der Waals surface area contributed by atoms with Gasteiger partial charge < -0.3 is 14.2 Å². The predicted molar refractivity (Wildman–Crippen MR) is 121 cm³/mol. The minimum Gasteiger partial charge on any atom is -0.497 e. The van der Waals surface area contributed by atoms with E-state index in [9.17, 15) is 25.0 Å². The molecular formula is C22H18N4O8. The SMILES string of the molecule is COc1cccc(C(=O)N/N=C/c2ccc(Oc3ccc([N+](=O)[O-])cc3[N+](=O)[O-])c(OC)c2)c1. The Morgan fingerprint density at radius 1 is 0.912 bits per heavy atom. The van der Waals surface area contributed by atoms with Gasteiger partial charge in [0, 0.05) is 11.6 Å². The zero-order valence-electron chi connectivity index (χ0n) is 18.0. The highest BCUT2D eigenvalue weighted by Gasteiger charge is 2.22. The number of hydrazone groups is 1. The van der Waals surface area contributed by atoms with Crippen LogP contribution in [0.15, 0.2) is 65.8 Å². The lowest BCUT2D eigenvalue weighted by Gasteiger charge is -2.11. The smallest absolute Gasteiger partial charge is 0.318 e. The first-order valence-electron chi connectivity index (χ1n) is 9.58. The lowest BCUT2D eigenvalue weighted by Crippen LogP contribution is -2.17. The minimum atomic E-state index is -0.777. The molecule has 0 heterocycles. The molecule has 3 aromatic rings. The molecule has 0 spiro atoms. The van der Waals surface area contributed by atoms with Crippen molar-refractivity contribution in [3.05, 3.63) is 92.0 Å². The molecule has 0 saturated carbocycles. The van der Waals surface area contributed by atoms with Crippen molar-refractivity contribution in [3.63, 3.8) is 0 Å². The molecule has 12 heteroatoms. The predicted octanol–water partition coefficient (Wildman–Crippen LogP) is 4.08. The van der Waals surface area contributed by atoms with Crippen LogP contribution in [0.25, 0.3) is 0 Å². The molecule has 0 aromatic heterocycles. The Hall–Kier alpha value is -5.00. The second-order valence-electron chi connectivity index (χ2n) is 6.61. The van der Waals surface area contributed by atoms with Crippen LogP contribution in [0.2, 0.25) is 0 Å². The van der Waals surface area contributed by atoms with E-state index in [1.54, 1.807) is 30.3 Å². The van der Waals surface area contributed by atoms with E-state index in [0.717, 1.165) is 18.2 Å². The summed E-state index contributed by atoms with van der Waals surface area (Å²) in [6.07, 6.45) is 1.37. The Morgan fingerprint density at radius 3 is 2.35 bits per heavy atom. The maximum absolute atomic E-state index is 12.2. The van der Waals surface area contributed by atoms with E-state index < -0.39 is 27.1 Å². The number of nitro groups is 2. The topological polar surface area (TPSA) is 155 Å². The van der Waals surface area contributed by atoms with Gasteiger partial charge >= 0.3 is 5.69 Å². The lowest BCUT2D eigenvalue weighted by atomic mass is 10.2. The summed E-state index contributed by atoms with van der Waals surface area (Å²) in [5.74, 6) is 0.256. The van der Waals surface area contributed by atoms with E-state index in [0.29, 0.717) is 16.9 Å². The average Bonchev–Trinajstić information content (AvgIpc) is 2.84. The molecule has 0 saturated heterocycles. The zero-order chi connectivity index (χ0) is 24.7. The van der Waals surface area contributed by atoms with Crippen LogP contribution in [0.1, 0.15) is 15.9 Å². The van der Waals surface area contributed by atoms with E-state index in [-0.39, 0.29) is 17.2 Å². The fourth-order valence-corrected chi connectivity index (χ4v) is 2.81. The molecule has 0 aliphatic heterocycles. The van der Waals surface area contributed by atoms with Gasteiger partial charge in [-0.1, -0.05) is 6.07 Å². The van der Waals surface area contributed by atoms with Crippen molar-refractivity contribution in [2.45, 2.75) is 0 Å². The molecule has 0 radical (unpaired) electrons. The fourth-order valence-electron chi connectivity index (χ4n) is 2.81. The summed E-state index contributed by atoms with van der Waals surface area (Å²) in [6.45, 7) is 0. The normalized spacial score (nSPS) is 10.5. The highest BCUT2D eigenvalue weighted by Crippen LogP contribution is 2.38. The number of carbonyl (C=O) groups is 1. The summed E-state index contributed by atoms with van der Waals surface area (Å²) in [5.41, 5.74) is 2.29. The molecule has 3 rings (SSSR count). The van der Waals surface area contributed by atoms with Crippen molar-refractivity contribution >= 4 is 23.5 Å². The molecule has 0 aliphatic rings. The number of hydrogen-bond donors (Lipinski definition) is 1. The van der Waals surface area contributed by atoms with Crippen LogP contribution in [-0.4, -0.2) is 36.2 Å². The van der Waals surface area contributed by atoms with Crippen LogP contribution in [-0.2, 0) is 0 Å². The number of amides is 1. The Kier molecular flexibility index (Phi) is 7.34. The number of hydrogen-bond acceptors (Lipinski definition) is 9. The number of benzene rings is 3. The van der Waals surface area contributed by atoms with E-state index in [4.69, 9.17) is 14.2 Å². The highest BCUT2D eigenvalue weighted by molar-refractivity contribution is 5.95. The quantitative estimate of drug-likeness (QED) is 0.281. The van der Waals surface area contributed by atoms with Crippen molar-refractivity contribution in [2.24, 2.45) is 5.10 Å². The number of nitrogens with zero attached hydrogens (tertiary/aromatic N) is 3. The highest BCUT2D eigenvalue weighted by atomic mass is 16.6. The average molecular weight is 466 g/mol. The largest absolute Gasteiger partial charge is 0.497 e. The number of ether oxygens (including phenoxy) is 3. The fraction of sp³-hybridized carbons (Fsp3) is 0.0909. The molecule has 1 amide bonds. The number of nitro benzene ring substituents is 2. The summed E-state index contributed by atoms with van der Waals surface area (Å²) < 4.78 is 15.9. The molecule has 0 unspecified atom stereocenters. The van der Waals surface area contributed by atoms with Crippen molar-refractivity contribution < 1.29 is 28.9 Å². The van der Waals surface area contributed by atoms with Gasteiger partial charge in [-0.2, -0.15) is 5.10 Å². The maximum atomic E-state index is 12.2. The van der Waals surface area contributed by atoms with Gasteiger partial charge in [-0.3, -0.25) is 25.0 Å². The number of carbonyl (C=O) groups excluding carboxylic acids is 1. The Balaban J connectivity index is 1.76. The standard InChI is InChI=1S/C22H18N4O8/c1-32-17-5-3-4-15(11-17)22(27)24-23-13-14-6-8-20(21(10-14)33-2)34-19-9-7-16(25(28)29)12-18(19)26(30)31/h3-13H,1-2H3,(H,24,27)/b23-13+. The number of methoxy groups -OCH3 is 2. The maximum Gasteiger partial charge on any atom is 0.318 e. The number of non-ortho nitro benzene ring substituents is 1. The second-order valence-corrected chi connectivity index (χ2v) is 6.61. The van der Waals surface area contributed by atoms with Crippen LogP contribution in [0.3, 0.4) is 0 Å². The molecule has 12 nitrogen and oxygen atoms in total. The van der Waals surface area contributed by atoms with E-state index in [2.05, 4.69) is 10.5 Å². The van der Waals surface area contributed by atoms with Gasteiger partial charge in [0.1, 0.15) is 5.75 Å². The Morgan fingerprint density at radius 2 is 1.68 bits per heavy atom. The van der Waals surface area contributed by atoms with Crippen LogP contribution in [0.4, 0.5) is 11.4 Å². The molecule has 174 valence electrons. The molecule has 0 bridgehead atoms. The third-order valence-electron chi connectivity index (χ3n) is 4.47. The van der Waals surface area contributed by atoms with Gasteiger partial charge in [0.2, 0.25) is 5.75 Å². The Labute approximate surface area is 192 Å². The molecule has 3 aromatic carbocycles. The van der Waals surface area contributed by atoms with E-state index in [1.165, 1.54) is 32.6 Å². The Bertz CT molecular complexity index is 1280. The molecule has 0 fully saturated rings. The summed E-state index contributed by atoms with van der Waals surface area (Å²) in [7, 11) is 2.87. The lowest BCUT2D eigenvalue weighted by molar-refractivity contribution is -0.394. The first kappa shape index (κ1) is 23.7. The van der Waals surface area contributed by atoms with Gasteiger partial charge in [-0.25, -0.2) is 5.43 Å². The summed E-state index contributed by atoms with van der Waals surface area (Å²) in [4.78, 5) is 32.9. The van der Waals surface area contributed by atoms with Crippen LogP contribution in [0.5, 0.6) is 23.0 Å². The van der Waals surface area contributed by atoms with Crippen molar-refractivity contribution in [3.8, 4) is 23.0 Å². The van der Waals surface area contributed by atoms with Gasteiger partial charge in [-0.05, 0) is 48.0 Å². The summed E-state index contributed by atoms with van der Waals surface area (Å²) in [6, 6.07) is 14.2. The van der Waals surface area contributed by atoms with E-state index >= 15 is 0 Å². The third kappa shape index (κ3) is 5.62. The van der Waals surface area contributed by atoms with Crippen molar-refractivity contribution in [2.75, 3.05) is 14.2 Å². The molecular weight excluding hydrogens is 448 g/mol. The monoisotopic (exact) mass is 466 g/mol. The second kappa shape index (κ2) is 10.5. The first-order chi connectivity index (χ1) is 16.3. The van der Waals surface area contributed by atoms with Gasteiger partial charge in [0.25, 0.3) is 11.6 Å². The third-order valence-corrected chi connectivity index (χ3v) is 4.47. The summed E-state index contributed by atoms with van der Waals surface area (Å²) in [5, 5.41) is 26.1. The van der Waals surface area contributed by atoms with Crippen molar-refractivity contribution in [1.29, 1.82) is 0 Å². The molecule has 34 heavy (non-hydrogen) atoms. The summed E-state index contributed by atoms with van der Waals surface area (Å²) >= 11 is 0. The molecule has 1 N–H and O–H groups in total. The van der Waals surface area contributed by atoms with Gasteiger partial charge in [0.15, 0.2) is 11.5 Å². The molecule has 0 atom stereocenters. The van der Waals surface area contributed by atoms with Crippen LogP contribution in [0, 0.1) is 20.2 Å². The molecule has 0 aliphatic carbocycles. The zero-order valence-corrected chi connectivity index (χ0v) is 18.0. The van der Waals surface area contributed by atoms with Gasteiger partial charge in [-0.15, -0.1) is 0 Å². The van der Waals surface area contributed by atoms with Gasteiger partial charge in [0.05, 0.1) is 36.3 Å². The minimum absolute atomic E-state index is 0.136. The number of nitrogens with one attached hydrogen (secondary N) is 1. The van der Waals surface area contributed by atoms with Crippen LogP contribution < -0.4 is 19.6 Å². The van der Waals surface area contributed by atoms with Crippen molar-refractivity contribution in [1.82, 2.24) is 5.43 Å². The van der Waals surface area contributed by atoms with E-state index in [1.807, 2.05) is 0 Å². The van der Waals surface area contributed by atoms with Crippen LogP contribution >= 0.6 is 0 Å².